The van der Waals surface area contributed by atoms with Gasteiger partial charge in [-0.1, -0.05) is 31.2 Å². The van der Waals surface area contributed by atoms with E-state index in [9.17, 15) is 9.90 Å². The fourth-order valence-corrected chi connectivity index (χ4v) is 3.13. The monoisotopic (exact) mass is 344 g/mol. The minimum Gasteiger partial charge on any atom is -0.387 e. The molecule has 0 aromatic heterocycles. The predicted octanol–water partition coefficient (Wildman–Crippen LogP) is 3.33. The Bertz CT molecular complexity index is 671. The Morgan fingerprint density at radius 1 is 1.17 bits per heavy atom. The van der Waals surface area contributed by atoms with E-state index in [-0.39, 0.29) is 12.5 Å². The quantitative estimate of drug-likeness (QED) is 0.757. The van der Waals surface area contributed by atoms with E-state index in [1.54, 1.807) is 11.8 Å². The molecule has 0 saturated carbocycles. The van der Waals surface area contributed by atoms with Gasteiger partial charge in [0.25, 0.3) is 5.91 Å². The molecular weight excluding hydrogens is 320 g/mol. The van der Waals surface area contributed by atoms with Crippen LogP contribution in [0.25, 0.3) is 0 Å². The number of aliphatic hydroxyl groups excluding tert-OH is 1. The van der Waals surface area contributed by atoms with Crippen LogP contribution in [0.5, 0.6) is 0 Å². The summed E-state index contributed by atoms with van der Waals surface area (Å²) in [6, 6.07) is 15.2. The van der Waals surface area contributed by atoms with Crippen LogP contribution < -0.4 is 10.2 Å². The van der Waals surface area contributed by atoms with Crippen molar-refractivity contribution in [1.29, 1.82) is 0 Å². The van der Waals surface area contributed by atoms with Crippen molar-refractivity contribution in [3.05, 3.63) is 59.7 Å². The van der Waals surface area contributed by atoms with Gasteiger partial charge >= 0.3 is 0 Å². The standard InChI is InChI=1S/C19H24N2O2S/c1-4-24-18-8-6-5-7-16(18)19(23)20-13-17(22)14-9-11-15(12-10-14)21(2)3/h5-12,17,22H,4,13H2,1-3H3,(H,20,23)/t17-/m0/s1. The molecule has 0 spiro atoms. The normalized spacial score (nSPS) is 11.8. The number of nitrogens with one attached hydrogen (secondary N) is 1. The average Bonchev–Trinajstić information content (AvgIpc) is 2.60. The first-order valence-corrected chi connectivity index (χ1v) is 8.97. The van der Waals surface area contributed by atoms with Crippen molar-refractivity contribution >= 4 is 23.4 Å². The first kappa shape index (κ1) is 18.4. The highest BCUT2D eigenvalue weighted by atomic mass is 32.2. The van der Waals surface area contributed by atoms with E-state index in [1.165, 1.54) is 0 Å². The van der Waals surface area contributed by atoms with Gasteiger partial charge in [0.15, 0.2) is 0 Å². The minimum absolute atomic E-state index is 0.157. The molecule has 24 heavy (non-hydrogen) atoms. The molecule has 5 heteroatoms. The molecule has 0 heterocycles. The van der Waals surface area contributed by atoms with Crippen molar-refractivity contribution in [3.8, 4) is 0 Å². The molecule has 2 rings (SSSR count). The molecule has 0 radical (unpaired) electrons. The third-order valence-electron chi connectivity index (χ3n) is 3.68. The van der Waals surface area contributed by atoms with Crippen LogP contribution in [0.15, 0.2) is 53.4 Å². The highest BCUT2D eigenvalue weighted by Crippen LogP contribution is 2.22. The van der Waals surface area contributed by atoms with E-state index in [0.717, 1.165) is 21.9 Å². The van der Waals surface area contributed by atoms with Gasteiger partial charge in [0.1, 0.15) is 0 Å². The van der Waals surface area contributed by atoms with Crippen LogP contribution in [0.2, 0.25) is 0 Å². The molecule has 0 saturated heterocycles. The zero-order valence-corrected chi connectivity index (χ0v) is 15.1. The average molecular weight is 344 g/mol. The van der Waals surface area contributed by atoms with Crippen molar-refractivity contribution in [2.45, 2.75) is 17.9 Å². The van der Waals surface area contributed by atoms with Crippen LogP contribution >= 0.6 is 11.8 Å². The Morgan fingerprint density at radius 3 is 2.46 bits per heavy atom. The van der Waals surface area contributed by atoms with Gasteiger partial charge in [0.2, 0.25) is 0 Å². The Morgan fingerprint density at radius 2 is 1.83 bits per heavy atom. The predicted molar refractivity (Wildman–Crippen MR) is 101 cm³/mol. The van der Waals surface area contributed by atoms with Crippen molar-refractivity contribution in [3.63, 3.8) is 0 Å². The van der Waals surface area contributed by atoms with Crippen LogP contribution in [-0.2, 0) is 0 Å². The third kappa shape index (κ3) is 4.76. The van der Waals surface area contributed by atoms with Crippen molar-refractivity contribution in [1.82, 2.24) is 5.32 Å². The van der Waals surface area contributed by atoms with Crippen molar-refractivity contribution in [2.75, 3.05) is 31.3 Å². The molecule has 2 aromatic carbocycles. The second-order valence-electron chi connectivity index (χ2n) is 5.64. The van der Waals surface area contributed by atoms with Gasteiger partial charge in [-0.3, -0.25) is 4.79 Å². The molecule has 2 N–H and O–H groups in total. The second kappa shape index (κ2) is 8.76. The zero-order valence-electron chi connectivity index (χ0n) is 14.3. The number of nitrogens with zero attached hydrogens (tertiary/aromatic N) is 1. The third-order valence-corrected chi connectivity index (χ3v) is 4.64. The van der Waals surface area contributed by atoms with Crippen molar-refractivity contribution < 1.29 is 9.90 Å². The molecule has 0 unspecified atom stereocenters. The molecule has 2 aromatic rings. The molecule has 1 amide bonds. The van der Waals surface area contributed by atoms with Gasteiger partial charge in [0.05, 0.1) is 11.7 Å². The van der Waals surface area contributed by atoms with Crippen LogP contribution in [0, 0.1) is 0 Å². The number of rotatable bonds is 7. The van der Waals surface area contributed by atoms with Crippen LogP contribution in [0.1, 0.15) is 28.9 Å². The molecule has 0 aliphatic carbocycles. The number of hydrogen-bond donors (Lipinski definition) is 2. The van der Waals surface area contributed by atoms with Crippen molar-refractivity contribution in [2.24, 2.45) is 0 Å². The van der Waals surface area contributed by atoms with Crippen LogP contribution in [0.4, 0.5) is 5.69 Å². The summed E-state index contributed by atoms with van der Waals surface area (Å²) in [5, 5.41) is 13.1. The summed E-state index contributed by atoms with van der Waals surface area (Å²) in [5.41, 5.74) is 2.51. The lowest BCUT2D eigenvalue weighted by molar-refractivity contribution is 0.0913. The summed E-state index contributed by atoms with van der Waals surface area (Å²) in [6.45, 7) is 2.24. The second-order valence-corrected chi connectivity index (χ2v) is 6.95. The maximum atomic E-state index is 12.4. The van der Waals surface area contributed by atoms with Gasteiger partial charge in [-0.15, -0.1) is 11.8 Å². The summed E-state index contributed by atoms with van der Waals surface area (Å²) < 4.78 is 0. The molecule has 0 aliphatic heterocycles. The molecule has 1 atom stereocenters. The first-order valence-electron chi connectivity index (χ1n) is 7.98. The number of amides is 1. The SMILES string of the molecule is CCSc1ccccc1C(=O)NC[C@H](O)c1ccc(N(C)C)cc1. The summed E-state index contributed by atoms with van der Waals surface area (Å²) in [4.78, 5) is 15.3. The van der Waals surface area contributed by atoms with Gasteiger partial charge in [-0.2, -0.15) is 0 Å². The Labute approximate surface area is 147 Å². The van der Waals surface area contributed by atoms with E-state index in [1.807, 2.05) is 67.5 Å². The first-order chi connectivity index (χ1) is 11.5. The zero-order chi connectivity index (χ0) is 17.5. The van der Waals surface area contributed by atoms with Gasteiger partial charge in [-0.05, 0) is 35.6 Å². The smallest absolute Gasteiger partial charge is 0.252 e. The number of aliphatic hydroxyl groups is 1. The summed E-state index contributed by atoms with van der Waals surface area (Å²) >= 11 is 1.64. The number of hydrogen-bond acceptors (Lipinski definition) is 4. The number of carbonyl (C=O) groups is 1. The Kier molecular flexibility index (Phi) is 6.70. The summed E-state index contributed by atoms with van der Waals surface area (Å²) in [7, 11) is 3.94. The largest absolute Gasteiger partial charge is 0.387 e. The molecular formula is C19H24N2O2S. The highest BCUT2D eigenvalue weighted by molar-refractivity contribution is 7.99. The van der Waals surface area contributed by atoms with Crippen LogP contribution in [-0.4, -0.2) is 37.4 Å². The molecule has 0 aliphatic rings. The lowest BCUT2D eigenvalue weighted by atomic mass is 10.1. The molecule has 0 bridgehead atoms. The van der Waals surface area contributed by atoms with E-state index in [4.69, 9.17) is 0 Å². The Hall–Kier alpha value is -1.98. The minimum atomic E-state index is -0.726. The lowest BCUT2D eigenvalue weighted by Crippen LogP contribution is -2.28. The molecule has 0 fully saturated rings. The lowest BCUT2D eigenvalue weighted by Gasteiger charge is -2.16. The number of thioether (sulfide) groups is 1. The maximum Gasteiger partial charge on any atom is 0.252 e. The number of anilines is 1. The van der Waals surface area contributed by atoms with E-state index >= 15 is 0 Å². The molecule has 4 nitrogen and oxygen atoms in total. The fraction of sp³-hybridized carbons (Fsp3) is 0.316. The van der Waals surface area contributed by atoms with E-state index in [0.29, 0.717) is 5.56 Å². The summed E-state index contributed by atoms with van der Waals surface area (Å²) in [5.74, 6) is 0.751. The van der Waals surface area contributed by atoms with Crippen LogP contribution in [0.3, 0.4) is 0 Å². The van der Waals surface area contributed by atoms with E-state index < -0.39 is 6.10 Å². The molecule has 128 valence electrons. The summed E-state index contributed by atoms with van der Waals surface area (Å²) in [6.07, 6.45) is -0.726. The van der Waals surface area contributed by atoms with E-state index in [2.05, 4.69) is 12.2 Å². The topological polar surface area (TPSA) is 52.6 Å². The highest BCUT2D eigenvalue weighted by Gasteiger charge is 2.13. The number of benzene rings is 2. The Balaban J connectivity index is 1.98. The number of carbonyl (C=O) groups excluding carboxylic acids is 1. The maximum absolute atomic E-state index is 12.4. The fourth-order valence-electron chi connectivity index (χ4n) is 2.33. The van der Waals surface area contributed by atoms with Gasteiger partial charge < -0.3 is 15.3 Å². The van der Waals surface area contributed by atoms with Gasteiger partial charge in [0, 0.05) is 31.2 Å². The van der Waals surface area contributed by atoms with Gasteiger partial charge in [-0.25, -0.2) is 0 Å².